The number of nitrogens with zero attached hydrogens (tertiary/aromatic N) is 1. The molecule has 2 fully saturated rings. The Bertz CT molecular complexity index is 604. The van der Waals surface area contributed by atoms with Crippen LogP contribution in [-0.4, -0.2) is 34.3 Å². The normalized spacial score (nSPS) is 21.5. The summed E-state index contributed by atoms with van der Waals surface area (Å²) in [6.07, 6.45) is 3.67. The van der Waals surface area contributed by atoms with Gasteiger partial charge in [0.25, 0.3) is 0 Å². The molecule has 0 aromatic heterocycles. The summed E-state index contributed by atoms with van der Waals surface area (Å²) in [4.78, 5) is 37.6. The van der Waals surface area contributed by atoms with Crippen LogP contribution >= 0.6 is 0 Å². The van der Waals surface area contributed by atoms with Crippen LogP contribution in [0.5, 0.6) is 0 Å². The number of aliphatic carboxylic acids is 1. The van der Waals surface area contributed by atoms with Crippen LogP contribution in [0.25, 0.3) is 0 Å². The summed E-state index contributed by atoms with van der Waals surface area (Å²) in [6.45, 7) is -0.0707. The van der Waals surface area contributed by atoms with Crippen molar-refractivity contribution < 1.29 is 19.5 Å². The van der Waals surface area contributed by atoms with Gasteiger partial charge in [0.05, 0.1) is 11.3 Å². The standard InChI is InChI=1S/C17H19NO4/c19-14-10-17(8-4-5-9-17)16(22)18(14)11-13(15(20)21)12-6-2-1-3-7-12/h1-3,6-7,13H,4-5,8-11H2,(H,20,21). The molecule has 1 aliphatic heterocycles. The number of benzene rings is 1. The highest BCUT2D eigenvalue weighted by Gasteiger charge is 2.53. The van der Waals surface area contributed by atoms with E-state index in [1.807, 2.05) is 6.07 Å². The monoisotopic (exact) mass is 301 g/mol. The zero-order valence-corrected chi connectivity index (χ0v) is 12.3. The van der Waals surface area contributed by atoms with Crippen molar-refractivity contribution in [3.8, 4) is 0 Å². The van der Waals surface area contributed by atoms with Gasteiger partial charge in [-0.2, -0.15) is 0 Å². The quantitative estimate of drug-likeness (QED) is 0.865. The summed E-state index contributed by atoms with van der Waals surface area (Å²) in [5.74, 6) is -2.28. The fourth-order valence-corrected chi connectivity index (χ4v) is 3.68. The molecule has 2 amide bonds. The van der Waals surface area contributed by atoms with Gasteiger partial charge in [-0.15, -0.1) is 0 Å². The predicted octanol–water partition coefficient (Wildman–Crippen LogP) is 2.17. The van der Waals surface area contributed by atoms with Crippen molar-refractivity contribution in [2.45, 2.75) is 38.0 Å². The van der Waals surface area contributed by atoms with E-state index in [1.54, 1.807) is 24.3 Å². The Hall–Kier alpha value is -2.17. The molecule has 1 heterocycles. The van der Waals surface area contributed by atoms with Crippen molar-refractivity contribution in [2.75, 3.05) is 6.54 Å². The van der Waals surface area contributed by atoms with Crippen LogP contribution in [0.3, 0.4) is 0 Å². The molecule has 1 aromatic rings. The number of hydrogen-bond donors (Lipinski definition) is 1. The number of carboxylic acids is 1. The van der Waals surface area contributed by atoms with E-state index in [0.29, 0.717) is 5.56 Å². The number of amides is 2. The van der Waals surface area contributed by atoms with E-state index in [-0.39, 0.29) is 24.8 Å². The van der Waals surface area contributed by atoms with Gasteiger partial charge < -0.3 is 5.11 Å². The summed E-state index contributed by atoms with van der Waals surface area (Å²) < 4.78 is 0. The van der Waals surface area contributed by atoms with E-state index in [0.717, 1.165) is 25.7 Å². The van der Waals surface area contributed by atoms with Gasteiger partial charge in [-0.1, -0.05) is 43.2 Å². The second-order valence-electron chi connectivity index (χ2n) is 6.28. The maximum absolute atomic E-state index is 12.6. The van der Waals surface area contributed by atoms with Gasteiger partial charge in [-0.05, 0) is 18.4 Å². The first-order chi connectivity index (χ1) is 10.5. The molecule has 116 valence electrons. The first-order valence-electron chi connectivity index (χ1n) is 7.66. The molecule has 2 aliphatic rings. The van der Waals surface area contributed by atoms with Gasteiger partial charge in [0.1, 0.15) is 0 Å². The largest absolute Gasteiger partial charge is 0.481 e. The molecule has 22 heavy (non-hydrogen) atoms. The smallest absolute Gasteiger partial charge is 0.312 e. The fourth-order valence-electron chi connectivity index (χ4n) is 3.68. The SMILES string of the molecule is O=C(O)C(CN1C(=O)CC2(CCCC2)C1=O)c1ccccc1. The van der Waals surface area contributed by atoms with Crippen molar-refractivity contribution in [1.82, 2.24) is 4.90 Å². The Morgan fingerprint density at radius 1 is 1.18 bits per heavy atom. The van der Waals surface area contributed by atoms with Crippen LogP contribution < -0.4 is 0 Å². The Balaban J connectivity index is 1.83. The molecule has 0 bridgehead atoms. The minimum absolute atomic E-state index is 0.0707. The maximum Gasteiger partial charge on any atom is 0.312 e. The molecule has 1 unspecified atom stereocenters. The van der Waals surface area contributed by atoms with Crippen LogP contribution in [0.4, 0.5) is 0 Å². The summed E-state index contributed by atoms with van der Waals surface area (Å²) >= 11 is 0. The number of hydrogen-bond acceptors (Lipinski definition) is 3. The van der Waals surface area contributed by atoms with E-state index in [4.69, 9.17) is 0 Å². The summed E-state index contributed by atoms with van der Waals surface area (Å²) in [7, 11) is 0. The lowest BCUT2D eigenvalue weighted by atomic mass is 9.84. The van der Waals surface area contributed by atoms with Crippen molar-refractivity contribution in [1.29, 1.82) is 0 Å². The lowest BCUT2D eigenvalue weighted by Crippen LogP contribution is -2.39. The number of imide groups is 1. The van der Waals surface area contributed by atoms with Gasteiger partial charge in [0.2, 0.25) is 11.8 Å². The molecule has 1 atom stereocenters. The third-order valence-electron chi connectivity index (χ3n) is 4.92. The molecule has 1 N–H and O–H groups in total. The summed E-state index contributed by atoms with van der Waals surface area (Å²) in [5, 5.41) is 9.47. The van der Waals surface area contributed by atoms with Crippen molar-refractivity contribution in [3.05, 3.63) is 35.9 Å². The van der Waals surface area contributed by atoms with Crippen molar-refractivity contribution in [3.63, 3.8) is 0 Å². The Kier molecular flexibility index (Phi) is 3.72. The molecule has 1 spiro atoms. The van der Waals surface area contributed by atoms with Crippen LogP contribution in [0.15, 0.2) is 30.3 Å². The first-order valence-corrected chi connectivity index (χ1v) is 7.66. The molecule has 1 aromatic carbocycles. The van der Waals surface area contributed by atoms with Crippen LogP contribution in [0.1, 0.15) is 43.6 Å². The Labute approximate surface area is 128 Å². The molecular weight excluding hydrogens is 282 g/mol. The average Bonchev–Trinajstić information content (AvgIpc) is 3.05. The van der Waals surface area contributed by atoms with Crippen molar-refractivity contribution >= 4 is 17.8 Å². The molecule has 1 saturated heterocycles. The molecular formula is C17H19NO4. The topological polar surface area (TPSA) is 74.7 Å². The van der Waals surface area contributed by atoms with Crippen LogP contribution in [0.2, 0.25) is 0 Å². The van der Waals surface area contributed by atoms with Gasteiger partial charge in [-0.3, -0.25) is 19.3 Å². The minimum Gasteiger partial charge on any atom is -0.481 e. The Morgan fingerprint density at radius 2 is 1.82 bits per heavy atom. The number of carbonyl (C=O) groups is 3. The molecule has 0 radical (unpaired) electrons. The van der Waals surface area contributed by atoms with Crippen molar-refractivity contribution in [2.24, 2.45) is 5.41 Å². The summed E-state index contributed by atoms with van der Waals surface area (Å²) in [6, 6.07) is 8.76. The molecule has 5 heteroatoms. The molecule has 1 aliphatic carbocycles. The number of carboxylic acid groups (broad SMARTS) is 1. The first kappa shape index (κ1) is 14.8. The second kappa shape index (κ2) is 5.55. The van der Waals surface area contributed by atoms with E-state index in [1.165, 1.54) is 4.90 Å². The van der Waals surface area contributed by atoms with Gasteiger partial charge in [-0.25, -0.2) is 0 Å². The van der Waals surface area contributed by atoms with E-state index < -0.39 is 17.3 Å². The lowest BCUT2D eigenvalue weighted by molar-refractivity contribution is -0.144. The maximum atomic E-state index is 12.6. The lowest BCUT2D eigenvalue weighted by Gasteiger charge is -2.23. The van der Waals surface area contributed by atoms with Gasteiger partial charge in [0.15, 0.2) is 0 Å². The molecule has 3 rings (SSSR count). The zero-order chi connectivity index (χ0) is 15.7. The van der Waals surface area contributed by atoms with Crippen LogP contribution in [0, 0.1) is 5.41 Å². The zero-order valence-electron chi connectivity index (χ0n) is 12.3. The highest BCUT2D eigenvalue weighted by molar-refractivity contribution is 6.06. The third kappa shape index (κ3) is 2.40. The highest BCUT2D eigenvalue weighted by atomic mass is 16.4. The Morgan fingerprint density at radius 3 is 2.41 bits per heavy atom. The van der Waals surface area contributed by atoms with Gasteiger partial charge >= 0.3 is 5.97 Å². The van der Waals surface area contributed by atoms with Crippen LogP contribution in [-0.2, 0) is 14.4 Å². The average molecular weight is 301 g/mol. The predicted molar refractivity (Wildman–Crippen MR) is 79.1 cm³/mol. The molecule has 5 nitrogen and oxygen atoms in total. The molecule has 1 saturated carbocycles. The van der Waals surface area contributed by atoms with E-state index in [9.17, 15) is 19.5 Å². The number of carbonyl (C=O) groups excluding carboxylic acids is 2. The third-order valence-corrected chi connectivity index (χ3v) is 4.92. The fraction of sp³-hybridized carbons (Fsp3) is 0.471. The minimum atomic E-state index is -1.01. The van der Waals surface area contributed by atoms with E-state index >= 15 is 0 Å². The van der Waals surface area contributed by atoms with Gasteiger partial charge in [0, 0.05) is 13.0 Å². The summed E-state index contributed by atoms with van der Waals surface area (Å²) in [5.41, 5.74) is 0.0690. The number of rotatable bonds is 4. The highest BCUT2D eigenvalue weighted by Crippen LogP contribution is 2.47. The second-order valence-corrected chi connectivity index (χ2v) is 6.28. The van der Waals surface area contributed by atoms with E-state index in [2.05, 4.69) is 0 Å². The number of likely N-dealkylation sites (tertiary alicyclic amines) is 1.